The molecule has 0 bridgehead atoms. The van der Waals surface area contributed by atoms with Crippen LogP contribution in [0.5, 0.6) is 0 Å². The fourth-order valence-corrected chi connectivity index (χ4v) is 7.58. The molecule has 1 N–H and O–H groups in total. The third-order valence-electron chi connectivity index (χ3n) is 8.82. The van der Waals surface area contributed by atoms with Gasteiger partial charge in [-0.3, -0.25) is 9.59 Å². The second kappa shape index (κ2) is 16.0. The second-order valence-corrected chi connectivity index (χ2v) is 16.4. The second-order valence-electron chi connectivity index (χ2n) is 14.4. The minimum atomic E-state index is -3.53. The molecule has 1 fully saturated rings. The molecule has 0 aromatic heterocycles. The molecule has 43 heavy (non-hydrogen) atoms. The van der Waals surface area contributed by atoms with Crippen LogP contribution in [0.1, 0.15) is 122 Å². The van der Waals surface area contributed by atoms with E-state index in [1.54, 1.807) is 18.2 Å². The van der Waals surface area contributed by atoms with Crippen molar-refractivity contribution in [1.82, 2.24) is 5.32 Å². The van der Waals surface area contributed by atoms with Crippen LogP contribution in [0.3, 0.4) is 0 Å². The molecule has 238 valence electrons. The normalized spacial score (nSPS) is 16.2. The number of sulfone groups is 1. The number of nitrogens with one attached hydrogen (secondary N) is 1. The van der Waals surface area contributed by atoms with Gasteiger partial charge in [-0.2, -0.15) is 0 Å². The first-order valence-corrected chi connectivity index (χ1v) is 18.1. The Morgan fingerprint density at radius 1 is 0.907 bits per heavy atom. The Bertz CT molecular complexity index is 1280. The SMILES string of the molecule is CC(C)CCCC(C)NC(=O)[C@H](CC(=O)Cc1cccc(CS(=O)(=O)c2ccc(C(C)(C)C)cc2)c1)CC1CCCCC1. The summed E-state index contributed by atoms with van der Waals surface area (Å²) in [5.74, 6) is 0.751. The molecule has 0 heterocycles. The van der Waals surface area contributed by atoms with E-state index in [1.807, 2.05) is 30.3 Å². The zero-order chi connectivity index (χ0) is 31.6. The molecule has 2 atom stereocenters. The standard InChI is InChI=1S/C37H55NO4S/c1-27(2)12-10-13-28(3)38-36(40)32(23-29-14-8-7-9-15-29)25-34(39)24-30-16-11-17-31(22-30)26-43(41,42)35-20-18-33(19-21-35)37(4,5)6/h11,16-22,27-29,32H,7-10,12-15,23-26H2,1-6H3,(H,38,40)/t28?,32-/m0/s1. The van der Waals surface area contributed by atoms with Gasteiger partial charge in [0.25, 0.3) is 0 Å². The largest absolute Gasteiger partial charge is 0.353 e. The van der Waals surface area contributed by atoms with Crippen molar-refractivity contribution in [3.8, 4) is 0 Å². The number of hydrogen-bond donors (Lipinski definition) is 1. The van der Waals surface area contributed by atoms with E-state index < -0.39 is 9.84 Å². The lowest BCUT2D eigenvalue weighted by Crippen LogP contribution is -2.39. The number of carbonyl (C=O) groups excluding carboxylic acids is 2. The Kier molecular flexibility index (Phi) is 13.0. The molecule has 2 aromatic carbocycles. The van der Waals surface area contributed by atoms with E-state index in [0.717, 1.165) is 49.7 Å². The van der Waals surface area contributed by atoms with Crippen LogP contribution in [0.4, 0.5) is 0 Å². The molecule has 6 heteroatoms. The average molecular weight is 610 g/mol. The highest BCUT2D eigenvalue weighted by Gasteiger charge is 2.27. The van der Waals surface area contributed by atoms with Crippen LogP contribution in [0.15, 0.2) is 53.4 Å². The van der Waals surface area contributed by atoms with Gasteiger partial charge in [-0.05, 0) is 65.8 Å². The first-order valence-electron chi connectivity index (χ1n) is 16.5. The van der Waals surface area contributed by atoms with Gasteiger partial charge in [0.15, 0.2) is 9.84 Å². The van der Waals surface area contributed by atoms with Crippen LogP contribution in [-0.2, 0) is 37.0 Å². The van der Waals surface area contributed by atoms with E-state index >= 15 is 0 Å². The first kappa shape index (κ1) is 35.0. The summed E-state index contributed by atoms with van der Waals surface area (Å²) >= 11 is 0. The van der Waals surface area contributed by atoms with Crippen molar-refractivity contribution in [3.05, 3.63) is 65.2 Å². The molecule has 0 spiro atoms. The van der Waals surface area contributed by atoms with Gasteiger partial charge in [-0.15, -0.1) is 0 Å². The highest BCUT2D eigenvalue weighted by molar-refractivity contribution is 7.90. The Morgan fingerprint density at radius 2 is 1.56 bits per heavy atom. The van der Waals surface area contributed by atoms with E-state index in [4.69, 9.17) is 0 Å². The fraction of sp³-hybridized carbons (Fsp3) is 0.622. The van der Waals surface area contributed by atoms with Gasteiger partial charge in [0.05, 0.1) is 10.6 Å². The number of hydrogen-bond acceptors (Lipinski definition) is 4. The minimum Gasteiger partial charge on any atom is -0.353 e. The highest BCUT2D eigenvalue weighted by atomic mass is 32.2. The Labute approximate surface area is 261 Å². The smallest absolute Gasteiger partial charge is 0.223 e. The summed E-state index contributed by atoms with van der Waals surface area (Å²) in [6, 6.07) is 14.6. The van der Waals surface area contributed by atoms with Crippen molar-refractivity contribution in [2.24, 2.45) is 17.8 Å². The van der Waals surface area contributed by atoms with E-state index in [0.29, 0.717) is 22.3 Å². The fourth-order valence-electron chi connectivity index (χ4n) is 6.24. The summed E-state index contributed by atoms with van der Waals surface area (Å²) < 4.78 is 26.4. The number of rotatable bonds is 15. The van der Waals surface area contributed by atoms with E-state index in [2.05, 4.69) is 46.9 Å². The molecule has 1 amide bonds. The number of ketones is 1. The van der Waals surface area contributed by atoms with Crippen LogP contribution in [0.25, 0.3) is 0 Å². The molecule has 0 aliphatic heterocycles. The van der Waals surface area contributed by atoms with Crippen LogP contribution in [-0.4, -0.2) is 26.2 Å². The highest BCUT2D eigenvalue weighted by Crippen LogP contribution is 2.31. The summed E-state index contributed by atoms with van der Waals surface area (Å²) in [4.78, 5) is 27.0. The maximum atomic E-state index is 13.4. The van der Waals surface area contributed by atoms with Crippen molar-refractivity contribution in [2.75, 3.05) is 0 Å². The van der Waals surface area contributed by atoms with Crippen LogP contribution in [0, 0.1) is 17.8 Å². The number of benzene rings is 2. The maximum absolute atomic E-state index is 13.4. The molecule has 2 aromatic rings. The zero-order valence-electron chi connectivity index (χ0n) is 27.5. The molecule has 0 radical (unpaired) electrons. The van der Waals surface area contributed by atoms with Gasteiger partial charge < -0.3 is 5.32 Å². The lowest BCUT2D eigenvalue weighted by molar-refractivity contribution is -0.130. The number of Topliss-reactive ketones (excluding diaryl/α,β-unsaturated/α-hetero) is 1. The predicted octanol–water partition coefficient (Wildman–Crippen LogP) is 8.38. The van der Waals surface area contributed by atoms with E-state index in [-0.39, 0.29) is 47.7 Å². The van der Waals surface area contributed by atoms with Crippen LogP contribution in [0.2, 0.25) is 0 Å². The van der Waals surface area contributed by atoms with Gasteiger partial charge in [0, 0.05) is 24.8 Å². The van der Waals surface area contributed by atoms with Crippen molar-refractivity contribution in [2.45, 2.75) is 134 Å². The Hall–Kier alpha value is -2.47. The topological polar surface area (TPSA) is 80.3 Å². The van der Waals surface area contributed by atoms with Crippen molar-refractivity contribution < 1.29 is 18.0 Å². The van der Waals surface area contributed by atoms with Crippen LogP contribution < -0.4 is 5.32 Å². The first-order chi connectivity index (χ1) is 20.2. The zero-order valence-corrected chi connectivity index (χ0v) is 28.3. The van der Waals surface area contributed by atoms with E-state index in [1.165, 1.54) is 19.3 Å². The van der Waals surface area contributed by atoms with Crippen molar-refractivity contribution in [3.63, 3.8) is 0 Å². The lowest BCUT2D eigenvalue weighted by atomic mass is 9.80. The Morgan fingerprint density at radius 3 is 2.19 bits per heavy atom. The average Bonchev–Trinajstić information content (AvgIpc) is 2.92. The van der Waals surface area contributed by atoms with E-state index in [9.17, 15) is 18.0 Å². The molecule has 1 saturated carbocycles. The van der Waals surface area contributed by atoms with Gasteiger partial charge in [0.2, 0.25) is 5.91 Å². The predicted molar refractivity (Wildman–Crippen MR) is 177 cm³/mol. The molecule has 1 aliphatic rings. The van der Waals surface area contributed by atoms with Crippen molar-refractivity contribution >= 4 is 21.5 Å². The van der Waals surface area contributed by atoms with Gasteiger partial charge in [-0.25, -0.2) is 8.42 Å². The van der Waals surface area contributed by atoms with Gasteiger partial charge in [0.1, 0.15) is 5.78 Å². The van der Waals surface area contributed by atoms with Gasteiger partial charge >= 0.3 is 0 Å². The number of carbonyl (C=O) groups is 2. The van der Waals surface area contributed by atoms with Gasteiger partial charge in [-0.1, -0.05) is 116 Å². The number of amides is 1. The van der Waals surface area contributed by atoms with Crippen LogP contribution >= 0.6 is 0 Å². The molecule has 3 rings (SSSR count). The minimum absolute atomic E-state index is 0.00768. The summed E-state index contributed by atoms with van der Waals surface area (Å²) in [6.07, 6.45) is 10.3. The third kappa shape index (κ3) is 11.9. The summed E-state index contributed by atoms with van der Waals surface area (Å²) in [7, 11) is -3.53. The molecular formula is C37H55NO4S. The summed E-state index contributed by atoms with van der Waals surface area (Å²) in [6.45, 7) is 12.8. The molecule has 5 nitrogen and oxygen atoms in total. The summed E-state index contributed by atoms with van der Waals surface area (Å²) in [5, 5.41) is 3.22. The quantitative estimate of drug-likeness (QED) is 0.220. The lowest BCUT2D eigenvalue weighted by Gasteiger charge is -2.27. The molecular weight excluding hydrogens is 554 g/mol. The summed E-state index contributed by atoms with van der Waals surface area (Å²) in [5.41, 5.74) is 2.49. The van der Waals surface area contributed by atoms with Crippen molar-refractivity contribution in [1.29, 1.82) is 0 Å². The Balaban J connectivity index is 1.64. The molecule has 1 aliphatic carbocycles. The molecule has 1 unspecified atom stereocenters. The molecule has 0 saturated heterocycles. The third-order valence-corrected chi connectivity index (χ3v) is 10.5. The maximum Gasteiger partial charge on any atom is 0.223 e. The monoisotopic (exact) mass is 609 g/mol.